The minimum atomic E-state index is 0. The van der Waals surface area contributed by atoms with Crippen molar-refractivity contribution in [3.05, 3.63) is 70.9 Å². The second-order valence-corrected chi connectivity index (χ2v) is 7.99. The molecule has 1 fully saturated rings. The Hall–Kier alpha value is -2.07. The van der Waals surface area contributed by atoms with Crippen LogP contribution in [-0.4, -0.2) is 55.1 Å². The number of hydrogen-bond donors (Lipinski definition) is 1. The molecule has 0 unspecified atom stereocenters. The minimum absolute atomic E-state index is 0. The normalized spacial score (nSPS) is 14.5. The van der Waals surface area contributed by atoms with Crippen LogP contribution >= 0.6 is 35.3 Å². The Morgan fingerprint density at radius 3 is 2.67 bits per heavy atom. The second kappa shape index (κ2) is 11.9. The van der Waals surface area contributed by atoms with E-state index >= 15 is 0 Å². The average Bonchev–Trinajstić information content (AvgIpc) is 3.48. The Labute approximate surface area is 199 Å². The van der Waals surface area contributed by atoms with E-state index in [1.807, 2.05) is 30.5 Å². The van der Waals surface area contributed by atoms with Gasteiger partial charge in [-0.25, -0.2) is 4.98 Å². The monoisotopic (exact) mass is 537 g/mol. The maximum Gasteiger partial charge on any atom is 0.194 e. The molecule has 4 heterocycles. The van der Waals surface area contributed by atoms with Crippen molar-refractivity contribution < 1.29 is 4.42 Å². The summed E-state index contributed by atoms with van der Waals surface area (Å²) in [5.41, 5.74) is 0. The molecule has 0 bridgehead atoms. The van der Waals surface area contributed by atoms with Crippen molar-refractivity contribution in [2.75, 3.05) is 44.2 Å². The van der Waals surface area contributed by atoms with E-state index in [2.05, 4.69) is 43.7 Å². The van der Waals surface area contributed by atoms with Gasteiger partial charge in [0.2, 0.25) is 0 Å². The van der Waals surface area contributed by atoms with Crippen LogP contribution in [0.2, 0.25) is 0 Å². The molecule has 30 heavy (non-hydrogen) atoms. The van der Waals surface area contributed by atoms with E-state index in [4.69, 9.17) is 9.41 Å². The van der Waals surface area contributed by atoms with Crippen LogP contribution in [0, 0.1) is 0 Å². The fourth-order valence-corrected chi connectivity index (χ4v) is 4.13. The van der Waals surface area contributed by atoms with Gasteiger partial charge in [0.1, 0.15) is 11.6 Å². The molecule has 0 spiro atoms. The number of furan rings is 1. The first-order valence-corrected chi connectivity index (χ1v) is 11.0. The number of halogens is 1. The summed E-state index contributed by atoms with van der Waals surface area (Å²) in [5, 5.41) is 5.67. The van der Waals surface area contributed by atoms with Crippen molar-refractivity contribution in [1.82, 2.24) is 15.2 Å². The molecule has 0 radical (unpaired) electrons. The van der Waals surface area contributed by atoms with Crippen molar-refractivity contribution >= 4 is 47.1 Å². The highest BCUT2D eigenvalue weighted by atomic mass is 127. The lowest BCUT2D eigenvalue weighted by molar-refractivity contribution is 0.370. The zero-order valence-corrected chi connectivity index (χ0v) is 20.1. The Morgan fingerprint density at radius 1 is 1.07 bits per heavy atom. The first-order valence-electron chi connectivity index (χ1n) is 10.1. The zero-order valence-electron chi connectivity index (χ0n) is 16.9. The summed E-state index contributed by atoms with van der Waals surface area (Å²) in [6.45, 7) is 5.36. The molecule has 0 atom stereocenters. The molecule has 1 aliphatic rings. The van der Waals surface area contributed by atoms with Gasteiger partial charge in [0.25, 0.3) is 0 Å². The second-order valence-electron chi connectivity index (χ2n) is 6.95. The van der Waals surface area contributed by atoms with E-state index in [0.29, 0.717) is 0 Å². The van der Waals surface area contributed by atoms with Crippen LogP contribution in [0.15, 0.2) is 69.7 Å². The van der Waals surface area contributed by atoms with Crippen LogP contribution in [0.4, 0.5) is 5.82 Å². The van der Waals surface area contributed by atoms with Crippen molar-refractivity contribution in [2.24, 2.45) is 4.99 Å². The summed E-state index contributed by atoms with van der Waals surface area (Å²) in [4.78, 5) is 15.5. The molecule has 3 aromatic heterocycles. The molecular formula is C22H28IN5OS. The van der Waals surface area contributed by atoms with Crippen molar-refractivity contribution in [2.45, 2.75) is 12.8 Å². The summed E-state index contributed by atoms with van der Waals surface area (Å²) < 4.78 is 5.45. The lowest BCUT2D eigenvalue weighted by atomic mass is 10.3. The van der Waals surface area contributed by atoms with Gasteiger partial charge in [0.05, 0.1) is 6.26 Å². The van der Waals surface area contributed by atoms with Crippen LogP contribution in [-0.2, 0) is 12.8 Å². The quantitative estimate of drug-likeness (QED) is 0.282. The van der Waals surface area contributed by atoms with Crippen LogP contribution in [0.3, 0.4) is 0 Å². The first kappa shape index (κ1) is 22.6. The number of nitrogens with one attached hydrogen (secondary N) is 1. The number of piperazine rings is 1. The van der Waals surface area contributed by atoms with E-state index in [9.17, 15) is 0 Å². The molecule has 1 saturated heterocycles. The van der Waals surface area contributed by atoms with Crippen molar-refractivity contribution in [1.29, 1.82) is 0 Å². The molecule has 0 aromatic carbocycles. The molecule has 6 nitrogen and oxygen atoms in total. The Kier molecular flexibility index (Phi) is 9.00. The maximum atomic E-state index is 5.45. The Balaban J connectivity index is 0.00000256. The SMILES string of the molecule is I.c1ccc(N2CCN(C(=NCCc3cccs3)NCCc3ccco3)CC2)nc1. The predicted molar refractivity (Wildman–Crippen MR) is 134 cm³/mol. The van der Waals surface area contributed by atoms with Gasteiger partial charge >= 0.3 is 0 Å². The van der Waals surface area contributed by atoms with Crippen molar-refractivity contribution in [3.63, 3.8) is 0 Å². The van der Waals surface area contributed by atoms with E-state index in [1.54, 1.807) is 17.6 Å². The standard InChI is InChI=1S/C22H27N5OS.HI/c1-2-10-23-21(7-1)26-13-15-27(16-14-26)22(24-11-8-19-5-3-17-28-19)25-12-9-20-6-4-18-29-20;/h1-7,10,17-18H,8-9,11-16H2,(H,24,25);1H. The molecule has 0 aliphatic carbocycles. The van der Waals surface area contributed by atoms with Gasteiger partial charge in [-0.05, 0) is 35.7 Å². The summed E-state index contributed by atoms with van der Waals surface area (Å²) in [7, 11) is 0. The van der Waals surface area contributed by atoms with E-state index in [1.165, 1.54) is 4.88 Å². The molecule has 0 saturated carbocycles. The third kappa shape index (κ3) is 6.46. The third-order valence-corrected chi connectivity index (χ3v) is 5.92. The average molecular weight is 537 g/mol. The third-order valence-electron chi connectivity index (χ3n) is 4.99. The topological polar surface area (TPSA) is 56.9 Å². The number of aromatic nitrogens is 1. The number of anilines is 1. The first-order chi connectivity index (χ1) is 14.4. The van der Waals surface area contributed by atoms with Gasteiger partial charge < -0.3 is 19.5 Å². The molecule has 160 valence electrons. The molecule has 3 aromatic rings. The summed E-state index contributed by atoms with van der Waals surface area (Å²) in [5.74, 6) is 3.04. The Bertz CT molecular complexity index is 862. The highest BCUT2D eigenvalue weighted by Crippen LogP contribution is 2.13. The summed E-state index contributed by atoms with van der Waals surface area (Å²) in [6.07, 6.45) is 5.41. The van der Waals surface area contributed by atoms with Crippen LogP contribution in [0.5, 0.6) is 0 Å². The van der Waals surface area contributed by atoms with E-state index < -0.39 is 0 Å². The number of pyridine rings is 1. The Morgan fingerprint density at radius 2 is 1.97 bits per heavy atom. The van der Waals surface area contributed by atoms with E-state index in [0.717, 1.165) is 69.6 Å². The molecule has 1 N–H and O–H groups in total. The van der Waals surface area contributed by atoms with Gasteiger partial charge in [0, 0.05) is 63.2 Å². The fraction of sp³-hybridized carbons (Fsp3) is 0.364. The highest BCUT2D eigenvalue weighted by molar-refractivity contribution is 14.0. The minimum Gasteiger partial charge on any atom is -0.469 e. The van der Waals surface area contributed by atoms with Gasteiger partial charge in [-0.15, -0.1) is 35.3 Å². The van der Waals surface area contributed by atoms with Crippen LogP contribution < -0.4 is 10.2 Å². The highest BCUT2D eigenvalue weighted by Gasteiger charge is 2.20. The molecular weight excluding hydrogens is 509 g/mol. The van der Waals surface area contributed by atoms with Gasteiger partial charge in [-0.2, -0.15) is 0 Å². The number of rotatable bonds is 7. The summed E-state index contributed by atoms with van der Waals surface area (Å²) >= 11 is 1.79. The smallest absolute Gasteiger partial charge is 0.194 e. The van der Waals surface area contributed by atoms with E-state index in [-0.39, 0.29) is 24.0 Å². The van der Waals surface area contributed by atoms with Crippen LogP contribution in [0.25, 0.3) is 0 Å². The number of hydrogen-bond acceptors (Lipinski definition) is 5. The van der Waals surface area contributed by atoms with Crippen molar-refractivity contribution in [3.8, 4) is 0 Å². The number of aliphatic imine (C=N–C) groups is 1. The number of thiophene rings is 1. The van der Waals surface area contributed by atoms with Gasteiger partial charge in [-0.3, -0.25) is 4.99 Å². The van der Waals surface area contributed by atoms with Gasteiger partial charge in [0.15, 0.2) is 5.96 Å². The zero-order chi connectivity index (χ0) is 19.7. The molecule has 1 aliphatic heterocycles. The number of nitrogens with zero attached hydrogens (tertiary/aromatic N) is 4. The lowest BCUT2D eigenvalue weighted by Crippen LogP contribution is -2.53. The molecule has 4 rings (SSSR count). The van der Waals surface area contributed by atoms with Crippen LogP contribution in [0.1, 0.15) is 10.6 Å². The molecule has 0 amide bonds. The van der Waals surface area contributed by atoms with Gasteiger partial charge in [-0.1, -0.05) is 12.1 Å². The fourth-order valence-electron chi connectivity index (χ4n) is 3.44. The lowest BCUT2D eigenvalue weighted by Gasteiger charge is -2.37. The predicted octanol–water partition coefficient (Wildman–Crippen LogP) is 3.91. The molecule has 8 heteroatoms. The number of guanidine groups is 1. The maximum absolute atomic E-state index is 5.45. The largest absolute Gasteiger partial charge is 0.469 e. The summed E-state index contributed by atoms with van der Waals surface area (Å²) in [6, 6.07) is 14.3.